The van der Waals surface area contributed by atoms with Crippen LogP contribution in [0.25, 0.3) is 0 Å². The third-order valence-electron chi connectivity index (χ3n) is 4.20. The van der Waals surface area contributed by atoms with Crippen LogP contribution in [-0.4, -0.2) is 18.7 Å². The number of rotatable bonds is 4. The van der Waals surface area contributed by atoms with Gasteiger partial charge in [-0.05, 0) is 49.8 Å². The zero-order valence-electron chi connectivity index (χ0n) is 14.3. The molecule has 1 amide bonds. The van der Waals surface area contributed by atoms with E-state index in [1.807, 2.05) is 6.07 Å². The molecule has 1 aliphatic rings. The molecular formula is C19H21NO4S. The minimum atomic E-state index is -0.608. The number of ether oxygens (including phenoxy) is 2. The topological polar surface area (TPSA) is 64.6 Å². The number of esters is 1. The predicted octanol–water partition coefficient (Wildman–Crippen LogP) is 4.98. The van der Waals surface area contributed by atoms with Crippen LogP contribution in [0.2, 0.25) is 0 Å². The second-order valence-electron chi connectivity index (χ2n) is 5.98. The van der Waals surface area contributed by atoms with Crippen molar-refractivity contribution in [2.24, 2.45) is 0 Å². The number of carbonyl (C=O) groups excluding carboxylic acids is 2. The molecule has 3 rings (SSSR count). The summed E-state index contributed by atoms with van der Waals surface area (Å²) in [4.78, 5) is 25.9. The Labute approximate surface area is 151 Å². The molecule has 0 radical (unpaired) electrons. The van der Waals surface area contributed by atoms with Gasteiger partial charge in [0.2, 0.25) is 0 Å². The molecule has 0 fully saturated rings. The molecule has 1 aromatic carbocycles. The lowest BCUT2D eigenvalue weighted by Crippen LogP contribution is -2.19. The van der Waals surface area contributed by atoms with E-state index in [4.69, 9.17) is 9.47 Å². The summed E-state index contributed by atoms with van der Waals surface area (Å²) in [7, 11) is 0. The van der Waals surface area contributed by atoms with Gasteiger partial charge in [0, 0.05) is 4.88 Å². The standard InChI is InChI=1S/C19H21NO4S/c1-3-23-18(21)16-15-12(2)8-7-11-14(15)25-17(16)20-19(22)24-13-9-5-4-6-10-13/h4-6,9-10,12H,3,7-8,11H2,1-2H3,(H,20,22). The molecule has 1 heterocycles. The zero-order valence-corrected chi connectivity index (χ0v) is 15.2. The summed E-state index contributed by atoms with van der Waals surface area (Å²) in [6.45, 7) is 4.18. The Morgan fingerprint density at radius 3 is 2.76 bits per heavy atom. The maximum absolute atomic E-state index is 12.5. The van der Waals surface area contributed by atoms with E-state index in [0.717, 1.165) is 29.7 Å². The molecule has 0 saturated heterocycles. The van der Waals surface area contributed by atoms with Crippen molar-refractivity contribution in [3.8, 4) is 5.75 Å². The van der Waals surface area contributed by atoms with Crippen LogP contribution >= 0.6 is 11.3 Å². The third kappa shape index (κ3) is 3.85. The lowest BCUT2D eigenvalue weighted by molar-refractivity contribution is 0.0526. The fraction of sp³-hybridized carbons (Fsp3) is 0.368. The SMILES string of the molecule is CCOC(=O)c1c(NC(=O)Oc2ccccc2)sc2c1C(C)CCC2. The van der Waals surface area contributed by atoms with E-state index in [1.165, 1.54) is 11.3 Å². The highest BCUT2D eigenvalue weighted by molar-refractivity contribution is 7.17. The summed E-state index contributed by atoms with van der Waals surface area (Å²) < 4.78 is 10.5. The highest BCUT2D eigenvalue weighted by Gasteiger charge is 2.31. The van der Waals surface area contributed by atoms with Gasteiger partial charge in [0.05, 0.1) is 12.2 Å². The first-order valence-electron chi connectivity index (χ1n) is 8.46. The van der Waals surface area contributed by atoms with E-state index in [1.54, 1.807) is 31.2 Å². The van der Waals surface area contributed by atoms with Gasteiger partial charge >= 0.3 is 12.1 Å². The summed E-state index contributed by atoms with van der Waals surface area (Å²) in [6, 6.07) is 8.83. The Bertz CT molecular complexity index is 769. The number of anilines is 1. The van der Waals surface area contributed by atoms with Crippen LogP contribution in [-0.2, 0) is 11.2 Å². The molecule has 1 aromatic heterocycles. The van der Waals surface area contributed by atoms with Crippen LogP contribution in [0.3, 0.4) is 0 Å². The van der Waals surface area contributed by atoms with Crippen LogP contribution < -0.4 is 10.1 Å². The number of para-hydroxylation sites is 1. The van der Waals surface area contributed by atoms with E-state index >= 15 is 0 Å². The van der Waals surface area contributed by atoms with Gasteiger partial charge in [0.1, 0.15) is 10.8 Å². The Kier molecular flexibility index (Phi) is 5.38. The highest BCUT2D eigenvalue weighted by atomic mass is 32.1. The van der Waals surface area contributed by atoms with Gasteiger partial charge in [-0.2, -0.15) is 0 Å². The van der Waals surface area contributed by atoms with Gasteiger partial charge in [-0.1, -0.05) is 25.1 Å². The maximum atomic E-state index is 12.5. The van der Waals surface area contributed by atoms with Crippen molar-refractivity contribution in [2.75, 3.05) is 11.9 Å². The molecule has 6 heteroatoms. The third-order valence-corrected chi connectivity index (χ3v) is 5.39. The van der Waals surface area contributed by atoms with Crippen molar-refractivity contribution in [1.29, 1.82) is 0 Å². The van der Waals surface area contributed by atoms with Gasteiger partial charge in [0.25, 0.3) is 0 Å². The Morgan fingerprint density at radius 2 is 2.04 bits per heavy atom. The minimum Gasteiger partial charge on any atom is -0.462 e. The largest absolute Gasteiger partial charge is 0.462 e. The van der Waals surface area contributed by atoms with E-state index in [-0.39, 0.29) is 11.9 Å². The highest BCUT2D eigenvalue weighted by Crippen LogP contribution is 2.43. The number of fused-ring (bicyclic) bond motifs is 1. The molecule has 2 aromatic rings. The first-order chi connectivity index (χ1) is 12.1. The molecule has 1 atom stereocenters. The van der Waals surface area contributed by atoms with Gasteiger partial charge < -0.3 is 9.47 Å². The number of aryl methyl sites for hydroxylation is 1. The lowest BCUT2D eigenvalue weighted by Gasteiger charge is -2.19. The van der Waals surface area contributed by atoms with Crippen molar-refractivity contribution >= 4 is 28.4 Å². The van der Waals surface area contributed by atoms with Gasteiger partial charge in [0.15, 0.2) is 0 Å². The normalized spacial score (nSPS) is 16.0. The molecule has 0 aliphatic heterocycles. The molecule has 0 saturated carbocycles. The van der Waals surface area contributed by atoms with Crippen molar-refractivity contribution in [1.82, 2.24) is 0 Å². The number of thiophene rings is 1. The monoisotopic (exact) mass is 359 g/mol. The smallest absolute Gasteiger partial charge is 0.417 e. The van der Waals surface area contributed by atoms with Gasteiger partial charge in [-0.15, -0.1) is 11.3 Å². The molecule has 1 N–H and O–H groups in total. The van der Waals surface area contributed by atoms with Crippen LogP contribution in [0.4, 0.5) is 9.80 Å². The minimum absolute atomic E-state index is 0.278. The molecule has 0 bridgehead atoms. The Morgan fingerprint density at radius 1 is 1.28 bits per heavy atom. The maximum Gasteiger partial charge on any atom is 0.417 e. The average Bonchev–Trinajstić information content (AvgIpc) is 2.95. The summed E-state index contributed by atoms with van der Waals surface area (Å²) in [6.07, 6.45) is 2.43. The summed E-state index contributed by atoms with van der Waals surface area (Å²) >= 11 is 1.45. The molecule has 1 unspecified atom stereocenters. The van der Waals surface area contributed by atoms with Gasteiger partial charge in [-0.3, -0.25) is 5.32 Å². The Hall–Kier alpha value is -2.34. The van der Waals surface area contributed by atoms with Crippen LogP contribution in [0.15, 0.2) is 30.3 Å². The number of carbonyl (C=O) groups is 2. The van der Waals surface area contributed by atoms with E-state index in [2.05, 4.69) is 12.2 Å². The summed E-state index contributed by atoms with van der Waals surface area (Å²) in [5.74, 6) is 0.344. The first-order valence-corrected chi connectivity index (χ1v) is 9.28. The van der Waals surface area contributed by atoms with E-state index in [9.17, 15) is 9.59 Å². The van der Waals surface area contributed by atoms with Crippen molar-refractivity contribution in [2.45, 2.75) is 39.0 Å². The molecule has 132 valence electrons. The quantitative estimate of drug-likeness (QED) is 0.782. The Balaban J connectivity index is 1.87. The fourth-order valence-electron chi connectivity index (χ4n) is 3.12. The van der Waals surface area contributed by atoms with Crippen LogP contribution in [0.1, 0.15) is 53.4 Å². The van der Waals surface area contributed by atoms with Crippen molar-refractivity contribution < 1.29 is 19.1 Å². The number of hydrogen-bond acceptors (Lipinski definition) is 5. The number of amides is 1. The number of nitrogens with one attached hydrogen (secondary N) is 1. The average molecular weight is 359 g/mol. The second-order valence-corrected chi connectivity index (χ2v) is 7.09. The zero-order chi connectivity index (χ0) is 17.8. The number of hydrogen-bond donors (Lipinski definition) is 1. The lowest BCUT2D eigenvalue weighted by atomic mass is 9.86. The van der Waals surface area contributed by atoms with E-state index < -0.39 is 6.09 Å². The number of benzene rings is 1. The molecule has 1 aliphatic carbocycles. The summed E-state index contributed by atoms with van der Waals surface area (Å²) in [5.41, 5.74) is 1.50. The summed E-state index contributed by atoms with van der Waals surface area (Å²) in [5, 5.41) is 3.24. The van der Waals surface area contributed by atoms with Crippen LogP contribution in [0.5, 0.6) is 5.75 Å². The molecule has 25 heavy (non-hydrogen) atoms. The second kappa shape index (κ2) is 7.70. The fourth-order valence-corrected chi connectivity index (χ4v) is 4.45. The van der Waals surface area contributed by atoms with E-state index in [0.29, 0.717) is 22.9 Å². The molecular weight excluding hydrogens is 338 g/mol. The van der Waals surface area contributed by atoms with Crippen molar-refractivity contribution in [3.63, 3.8) is 0 Å². The molecule has 5 nitrogen and oxygen atoms in total. The van der Waals surface area contributed by atoms with Crippen LogP contribution in [0, 0.1) is 0 Å². The first kappa shape index (κ1) is 17.5. The van der Waals surface area contributed by atoms with Gasteiger partial charge in [-0.25, -0.2) is 9.59 Å². The van der Waals surface area contributed by atoms with Crippen molar-refractivity contribution in [3.05, 3.63) is 46.3 Å². The molecule has 0 spiro atoms. The predicted molar refractivity (Wildman–Crippen MR) is 97.7 cm³/mol.